The highest BCUT2D eigenvalue weighted by Crippen LogP contribution is 2.51. The van der Waals surface area contributed by atoms with E-state index in [1.165, 1.54) is 38.6 Å². The highest BCUT2D eigenvalue weighted by atomic mass is 16.5. The van der Waals surface area contributed by atoms with Gasteiger partial charge in [0.15, 0.2) is 0 Å². The summed E-state index contributed by atoms with van der Waals surface area (Å²) in [6.45, 7) is 4.37. The van der Waals surface area contributed by atoms with Gasteiger partial charge in [0.25, 0.3) is 0 Å². The number of hydrogen-bond acceptors (Lipinski definition) is 3. The number of methoxy groups -OCH3 is 1. The molecule has 42 heavy (non-hydrogen) atoms. The first-order valence-electron chi connectivity index (χ1n) is 14.5. The number of anilines is 1. The van der Waals surface area contributed by atoms with E-state index in [4.69, 9.17) is 9.15 Å². The first kappa shape index (κ1) is 25.9. The van der Waals surface area contributed by atoms with Crippen molar-refractivity contribution in [2.75, 3.05) is 12.0 Å². The van der Waals surface area contributed by atoms with Crippen molar-refractivity contribution in [2.24, 2.45) is 0 Å². The lowest BCUT2D eigenvalue weighted by molar-refractivity contribution is 0.415. The monoisotopic (exact) mass is 547 g/mol. The molecule has 0 aliphatic carbocycles. The number of allylic oxidation sites excluding steroid dienone is 1. The zero-order valence-corrected chi connectivity index (χ0v) is 24.1. The van der Waals surface area contributed by atoms with Crippen molar-refractivity contribution in [3.05, 3.63) is 167 Å². The largest absolute Gasteiger partial charge is 0.497 e. The highest BCUT2D eigenvalue weighted by molar-refractivity contribution is 5.96. The van der Waals surface area contributed by atoms with Crippen LogP contribution in [0.2, 0.25) is 0 Å². The fourth-order valence-corrected chi connectivity index (χ4v) is 6.58. The molecule has 2 atom stereocenters. The fourth-order valence-electron chi connectivity index (χ4n) is 6.58. The topological polar surface area (TPSA) is 25.6 Å². The van der Waals surface area contributed by atoms with Gasteiger partial charge in [-0.25, -0.2) is 0 Å². The van der Waals surface area contributed by atoms with E-state index in [0.717, 1.165) is 28.5 Å². The van der Waals surface area contributed by atoms with Gasteiger partial charge in [0.1, 0.15) is 17.3 Å². The van der Waals surface area contributed by atoms with Crippen LogP contribution in [0.3, 0.4) is 0 Å². The number of ether oxygens (including phenoxy) is 1. The smallest absolute Gasteiger partial charge is 0.140 e. The van der Waals surface area contributed by atoms with E-state index in [2.05, 4.69) is 140 Å². The molecule has 0 amide bonds. The lowest BCUT2D eigenvalue weighted by Gasteiger charge is -2.31. The molecule has 7 rings (SSSR count). The van der Waals surface area contributed by atoms with Crippen molar-refractivity contribution >= 4 is 16.5 Å². The van der Waals surface area contributed by atoms with Crippen LogP contribution in [0.1, 0.15) is 46.9 Å². The second-order valence-corrected chi connectivity index (χ2v) is 11.0. The number of benzene rings is 5. The molecule has 1 aromatic heterocycles. The summed E-state index contributed by atoms with van der Waals surface area (Å²) in [4.78, 5) is 2.41. The van der Waals surface area contributed by atoms with Crippen LogP contribution in [0.25, 0.3) is 22.1 Å². The number of nitrogens with zero attached hydrogens (tertiary/aromatic N) is 1. The molecule has 0 radical (unpaired) electrons. The van der Waals surface area contributed by atoms with E-state index in [0.29, 0.717) is 0 Å². The molecule has 0 spiro atoms. The van der Waals surface area contributed by atoms with E-state index < -0.39 is 0 Å². The van der Waals surface area contributed by atoms with Gasteiger partial charge in [0, 0.05) is 34.5 Å². The minimum Gasteiger partial charge on any atom is -0.497 e. The minimum atomic E-state index is -0.121. The third-order valence-corrected chi connectivity index (χ3v) is 8.46. The summed E-state index contributed by atoms with van der Waals surface area (Å²) in [5.74, 6) is 2.76. The average molecular weight is 548 g/mol. The lowest BCUT2D eigenvalue weighted by atomic mass is 9.81. The lowest BCUT2D eigenvalue weighted by Crippen LogP contribution is -2.24. The van der Waals surface area contributed by atoms with E-state index in [1.807, 2.05) is 12.1 Å². The Balaban J connectivity index is 1.58. The quantitative estimate of drug-likeness (QED) is 0.215. The van der Waals surface area contributed by atoms with E-state index in [9.17, 15) is 0 Å². The molecule has 0 unspecified atom stereocenters. The predicted octanol–water partition coefficient (Wildman–Crippen LogP) is 10.1. The second-order valence-electron chi connectivity index (χ2n) is 11.0. The maximum atomic E-state index is 6.92. The Hall–Kier alpha value is -5.02. The Bertz CT molecular complexity index is 1880. The van der Waals surface area contributed by atoms with Crippen LogP contribution in [0, 0.1) is 6.92 Å². The molecule has 2 heterocycles. The SMILES string of the molecule is COc1ccc(N2C=C(C)[C@H](c3ccccc3)c3c(C)oc(-c4cccc5ccccc45)c3[C@H]2c2ccccc2)cc1. The predicted molar refractivity (Wildman–Crippen MR) is 172 cm³/mol. The van der Waals surface area contributed by atoms with Gasteiger partial charge in [0.2, 0.25) is 0 Å². The third kappa shape index (κ3) is 4.38. The molecule has 5 aromatic carbocycles. The van der Waals surface area contributed by atoms with Gasteiger partial charge >= 0.3 is 0 Å². The summed E-state index contributed by atoms with van der Waals surface area (Å²) in [5.41, 5.74) is 8.35. The Morgan fingerprint density at radius 2 is 1.29 bits per heavy atom. The standard InChI is InChI=1S/C39H33NO2/c1-26-25-40(31-21-23-32(41-3)24-22-31)38(30-16-8-5-9-17-30)37-36(35(26)29-14-6-4-7-15-29)27(2)42-39(37)34-20-12-18-28-13-10-11-19-33(28)34/h4-25,35,38H,1-3H3/t35-,38-/m1/s1. The van der Waals surface area contributed by atoms with Gasteiger partial charge in [-0.2, -0.15) is 0 Å². The molecule has 206 valence electrons. The van der Waals surface area contributed by atoms with Crippen LogP contribution < -0.4 is 9.64 Å². The van der Waals surface area contributed by atoms with Gasteiger partial charge in [-0.1, -0.05) is 103 Å². The molecule has 0 N–H and O–H groups in total. The van der Waals surface area contributed by atoms with Crippen molar-refractivity contribution in [1.29, 1.82) is 0 Å². The van der Waals surface area contributed by atoms with Crippen molar-refractivity contribution in [2.45, 2.75) is 25.8 Å². The Morgan fingerprint density at radius 3 is 2.00 bits per heavy atom. The summed E-state index contributed by atoms with van der Waals surface area (Å²) in [5, 5.41) is 2.38. The molecule has 0 bridgehead atoms. The van der Waals surface area contributed by atoms with Gasteiger partial charge in [0.05, 0.1) is 13.2 Å². The van der Waals surface area contributed by atoms with E-state index in [-0.39, 0.29) is 12.0 Å². The zero-order valence-electron chi connectivity index (χ0n) is 24.1. The first-order chi connectivity index (χ1) is 20.6. The molecule has 3 nitrogen and oxygen atoms in total. The van der Waals surface area contributed by atoms with Gasteiger partial charge in [-0.05, 0) is 65.6 Å². The number of aryl methyl sites for hydroxylation is 1. The number of hydrogen-bond donors (Lipinski definition) is 0. The maximum Gasteiger partial charge on any atom is 0.140 e. The Labute approximate surface area is 247 Å². The number of fused-ring (bicyclic) bond motifs is 2. The Morgan fingerprint density at radius 1 is 0.643 bits per heavy atom. The van der Waals surface area contributed by atoms with Crippen LogP contribution >= 0.6 is 0 Å². The summed E-state index contributed by atoms with van der Waals surface area (Å²) in [7, 11) is 1.71. The van der Waals surface area contributed by atoms with Crippen LogP contribution in [-0.4, -0.2) is 7.11 Å². The van der Waals surface area contributed by atoms with Crippen molar-refractivity contribution in [3.8, 4) is 17.1 Å². The molecular weight excluding hydrogens is 514 g/mol. The fraction of sp³-hybridized carbons (Fsp3) is 0.128. The minimum absolute atomic E-state index is 0.0446. The molecule has 1 aliphatic rings. The molecule has 6 aromatic rings. The van der Waals surface area contributed by atoms with E-state index >= 15 is 0 Å². The third-order valence-electron chi connectivity index (χ3n) is 8.46. The van der Waals surface area contributed by atoms with Crippen LogP contribution in [0.15, 0.2) is 144 Å². The summed E-state index contributed by atoms with van der Waals surface area (Å²) < 4.78 is 12.4. The van der Waals surface area contributed by atoms with Gasteiger partial charge < -0.3 is 14.1 Å². The second kappa shape index (κ2) is 10.8. The molecule has 0 fully saturated rings. The summed E-state index contributed by atoms with van der Waals surface area (Å²) in [6.07, 6.45) is 2.34. The highest BCUT2D eigenvalue weighted by Gasteiger charge is 2.38. The van der Waals surface area contributed by atoms with Crippen LogP contribution in [0.5, 0.6) is 5.75 Å². The Kier molecular flexibility index (Phi) is 6.64. The number of furan rings is 1. The van der Waals surface area contributed by atoms with E-state index in [1.54, 1.807) is 7.11 Å². The maximum absolute atomic E-state index is 6.92. The van der Waals surface area contributed by atoms with Crippen LogP contribution in [0.4, 0.5) is 5.69 Å². The molecule has 1 aliphatic heterocycles. The number of rotatable bonds is 5. The average Bonchev–Trinajstić information content (AvgIpc) is 3.29. The normalized spacial score (nSPS) is 16.5. The zero-order chi connectivity index (χ0) is 28.6. The first-order valence-corrected chi connectivity index (χ1v) is 14.5. The van der Waals surface area contributed by atoms with Gasteiger partial charge in [-0.15, -0.1) is 0 Å². The van der Waals surface area contributed by atoms with Gasteiger partial charge in [-0.3, -0.25) is 0 Å². The van der Waals surface area contributed by atoms with Crippen LogP contribution in [-0.2, 0) is 0 Å². The van der Waals surface area contributed by atoms with Crippen molar-refractivity contribution in [3.63, 3.8) is 0 Å². The summed E-state index contributed by atoms with van der Waals surface area (Å²) >= 11 is 0. The van der Waals surface area contributed by atoms with Crippen molar-refractivity contribution < 1.29 is 9.15 Å². The summed E-state index contributed by atoms with van der Waals surface area (Å²) in [6, 6.07) is 44.9. The van der Waals surface area contributed by atoms with Crippen molar-refractivity contribution in [1.82, 2.24) is 0 Å². The molecular formula is C39H33NO2. The molecule has 0 saturated heterocycles. The molecule has 0 saturated carbocycles. The molecule has 3 heteroatoms.